The minimum absolute atomic E-state index is 0.114. The number of rotatable bonds is 2. The van der Waals surface area contributed by atoms with Gasteiger partial charge in [0.15, 0.2) is 0 Å². The molecular weight excluding hydrogens is 262 g/mol. The maximum atomic E-state index is 12.2. The molecule has 0 atom stereocenters. The van der Waals surface area contributed by atoms with E-state index in [1.54, 1.807) is 24.3 Å². The number of halogens is 1. The van der Waals surface area contributed by atoms with Crippen molar-refractivity contribution in [3.8, 4) is 0 Å². The maximum absolute atomic E-state index is 12.2. The number of carbonyl (C=O) groups excluding carboxylic acids is 1. The Balaban J connectivity index is 1.55. The van der Waals surface area contributed by atoms with Gasteiger partial charge in [0, 0.05) is 55.9 Å². The zero-order valence-electron chi connectivity index (χ0n) is 10.8. The topological polar surface area (TPSA) is 35.6 Å². The second-order valence-electron chi connectivity index (χ2n) is 5.16. The molecule has 0 saturated carbocycles. The van der Waals surface area contributed by atoms with Crippen LogP contribution in [0.1, 0.15) is 10.4 Å². The summed E-state index contributed by atoms with van der Waals surface area (Å²) >= 11 is 5.83. The molecular formula is C14H18ClN3O. The van der Waals surface area contributed by atoms with Gasteiger partial charge in [0.25, 0.3) is 5.91 Å². The summed E-state index contributed by atoms with van der Waals surface area (Å²) in [5.74, 6) is 0.114. The van der Waals surface area contributed by atoms with Gasteiger partial charge in [-0.15, -0.1) is 0 Å². The number of carbonyl (C=O) groups is 1. The maximum Gasteiger partial charge on any atom is 0.253 e. The molecule has 0 radical (unpaired) electrons. The molecule has 0 aliphatic carbocycles. The van der Waals surface area contributed by atoms with Crippen molar-refractivity contribution in [3.63, 3.8) is 0 Å². The predicted octanol–water partition coefficient (Wildman–Crippen LogP) is 1.07. The van der Waals surface area contributed by atoms with Crippen LogP contribution in [0.15, 0.2) is 24.3 Å². The van der Waals surface area contributed by atoms with E-state index in [0.717, 1.165) is 44.8 Å². The van der Waals surface area contributed by atoms with E-state index in [1.165, 1.54) is 0 Å². The minimum atomic E-state index is 0.114. The molecule has 2 aliphatic heterocycles. The Hall–Kier alpha value is -1.10. The predicted molar refractivity (Wildman–Crippen MR) is 75.6 cm³/mol. The Bertz CT molecular complexity index is 450. The van der Waals surface area contributed by atoms with E-state index < -0.39 is 0 Å². The lowest BCUT2D eigenvalue weighted by atomic mass is 10.0. The normalized spacial score (nSPS) is 21.2. The van der Waals surface area contributed by atoms with Gasteiger partial charge in [0.1, 0.15) is 0 Å². The SMILES string of the molecule is O=C(c1ccc(Cl)cc1)N1CC(N2CCNCC2)C1. The molecule has 2 saturated heterocycles. The van der Waals surface area contributed by atoms with Gasteiger partial charge >= 0.3 is 0 Å². The molecule has 2 heterocycles. The summed E-state index contributed by atoms with van der Waals surface area (Å²) in [5, 5.41) is 4.01. The standard InChI is InChI=1S/C14H18ClN3O/c15-12-3-1-11(2-4-12)14(19)18-9-13(10-18)17-7-5-16-6-8-17/h1-4,13,16H,5-10H2. The fraction of sp³-hybridized carbons (Fsp3) is 0.500. The summed E-state index contributed by atoms with van der Waals surface area (Å²) in [6, 6.07) is 7.66. The number of benzene rings is 1. The lowest BCUT2D eigenvalue weighted by Gasteiger charge is -2.46. The van der Waals surface area contributed by atoms with E-state index >= 15 is 0 Å². The molecule has 1 amide bonds. The zero-order valence-corrected chi connectivity index (χ0v) is 11.6. The summed E-state index contributed by atoms with van der Waals surface area (Å²) in [4.78, 5) is 16.6. The second kappa shape index (κ2) is 5.49. The molecule has 1 aromatic carbocycles. The molecule has 3 rings (SSSR count). The quantitative estimate of drug-likeness (QED) is 0.880. The first kappa shape index (κ1) is 12.9. The molecule has 0 bridgehead atoms. The Labute approximate surface area is 118 Å². The molecule has 2 fully saturated rings. The van der Waals surface area contributed by atoms with Gasteiger partial charge in [0.05, 0.1) is 0 Å². The summed E-state index contributed by atoms with van der Waals surface area (Å²) in [7, 11) is 0. The lowest BCUT2D eigenvalue weighted by Crippen LogP contribution is -2.63. The first-order chi connectivity index (χ1) is 9.24. The fourth-order valence-electron chi connectivity index (χ4n) is 2.67. The van der Waals surface area contributed by atoms with E-state index in [1.807, 2.05) is 4.90 Å². The highest BCUT2D eigenvalue weighted by atomic mass is 35.5. The van der Waals surface area contributed by atoms with Crippen molar-refractivity contribution in [2.24, 2.45) is 0 Å². The van der Waals surface area contributed by atoms with Crippen LogP contribution in [-0.4, -0.2) is 61.0 Å². The molecule has 0 spiro atoms. The van der Waals surface area contributed by atoms with Crippen molar-refractivity contribution < 1.29 is 4.79 Å². The van der Waals surface area contributed by atoms with Crippen LogP contribution in [0.5, 0.6) is 0 Å². The van der Waals surface area contributed by atoms with Crippen LogP contribution in [0.25, 0.3) is 0 Å². The highest BCUT2D eigenvalue weighted by Gasteiger charge is 2.35. The molecule has 1 N–H and O–H groups in total. The van der Waals surface area contributed by atoms with E-state index in [2.05, 4.69) is 10.2 Å². The van der Waals surface area contributed by atoms with E-state index in [4.69, 9.17) is 11.6 Å². The van der Waals surface area contributed by atoms with Crippen LogP contribution in [0.3, 0.4) is 0 Å². The van der Waals surface area contributed by atoms with Gasteiger partial charge in [-0.2, -0.15) is 0 Å². The van der Waals surface area contributed by atoms with Crippen LogP contribution >= 0.6 is 11.6 Å². The van der Waals surface area contributed by atoms with Crippen molar-refractivity contribution in [2.45, 2.75) is 6.04 Å². The van der Waals surface area contributed by atoms with E-state index in [9.17, 15) is 4.79 Å². The lowest BCUT2D eigenvalue weighted by molar-refractivity contribution is 0.0227. The molecule has 5 heteroatoms. The molecule has 19 heavy (non-hydrogen) atoms. The monoisotopic (exact) mass is 279 g/mol. The van der Waals surface area contributed by atoms with Gasteiger partial charge in [0.2, 0.25) is 0 Å². The number of nitrogens with zero attached hydrogens (tertiary/aromatic N) is 2. The highest BCUT2D eigenvalue weighted by Crippen LogP contribution is 2.19. The van der Waals surface area contributed by atoms with Crippen molar-refractivity contribution in [1.82, 2.24) is 15.1 Å². The number of likely N-dealkylation sites (tertiary alicyclic amines) is 1. The number of amides is 1. The second-order valence-corrected chi connectivity index (χ2v) is 5.59. The summed E-state index contributed by atoms with van der Waals surface area (Å²) in [5.41, 5.74) is 0.725. The third kappa shape index (κ3) is 2.76. The molecule has 0 aromatic heterocycles. The van der Waals surface area contributed by atoms with Crippen molar-refractivity contribution in [1.29, 1.82) is 0 Å². The molecule has 1 aromatic rings. The van der Waals surface area contributed by atoms with Crippen LogP contribution in [0, 0.1) is 0 Å². The average molecular weight is 280 g/mol. The van der Waals surface area contributed by atoms with E-state index in [-0.39, 0.29) is 5.91 Å². The summed E-state index contributed by atoms with van der Waals surface area (Å²) in [6.07, 6.45) is 0. The smallest absolute Gasteiger partial charge is 0.253 e. The van der Waals surface area contributed by atoms with Crippen molar-refractivity contribution >= 4 is 17.5 Å². The third-order valence-electron chi connectivity index (χ3n) is 3.91. The van der Waals surface area contributed by atoms with Gasteiger partial charge in [-0.05, 0) is 24.3 Å². The number of piperazine rings is 1. The number of hydrogen-bond acceptors (Lipinski definition) is 3. The molecule has 102 valence electrons. The van der Waals surface area contributed by atoms with Gasteiger partial charge < -0.3 is 10.2 Å². The third-order valence-corrected chi connectivity index (χ3v) is 4.16. The first-order valence-electron chi connectivity index (χ1n) is 6.73. The van der Waals surface area contributed by atoms with Crippen LogP contribution in [-0.2, 0) is 0 Å². The first-order valence-corrected chi connectivity index (χ1v) is 7.11. The number of hydrogen-bond donors (Lipinski definition) is 1. The number of nitrogens with one attached hydrogen (secondary N) is 1. The van der Waals surface area contributed by atoms with Crippen molar-refractivity contribution in [2.75, 3.05) is 39.3 Å². The highest BCUT2D eigenvalue weighted by molar-refractivity contribution is 6.30. The molecule has 4 nitrogen and oxygen atoms in total. The van der Waals surface area contributed by atoms with Gasteiger partial charge in [-0.25, -0.2) is 0 Å². The van der Waals surface area contributed by atoms with E-state index in [0.29, 0.717) is 11.1 Å². The van der Waals surface area contributed by atoms with Gasteiger partial charge in [-0.3, -0.25) is 9.69 Å². The van der Waals surface area contributed by atoms with Crippen LogP contribution in [0.4, 0.5) is 0 Å². The summed E-state index contributed by atoms with van der Waals surface area (Å²) < 4.78 is 0. The van der Waals surface area contributed by atoms with Crippen LogP contribution in [0.2, 0.25) is 5.02 Å². The average Bonchev–Trinajstić information content (AvgIpc) is 2.39. The van der Waals surface area contributed by atoms with Crippen molar-refractivity contribution in [3.05, 3.63) is 34.9 Å². The Morgan fingerprint density at radius 2 is 1.79 bits per heavy atom. The van der Waals surface area contributed by atoms with Crippen LogP contribution < -0.4 is 5.32 Å². The zero-order chi connectivity index (χ0) is 13.2. The molecule has 2 aliphatic rings. The molecule has 0 unspecified atom stereocenters. The Morgan fingerprint density at radius 3 is 2.42 bits per heavy atom. The van der Waals surface area contributed by atoms with Gasteiger partial charge in [-0.1, -0.05) is 11.6 Å². The fourth-order valence-corrected chi connectivity index (χ4v) is 2.80. The largest absolute Gasteiger partial charge is 0.335 e. The minimum Gasteiger partial charge on any atom is -0.335 e. The Kier molecular flexibility index (Phi) is 3.73. The summed E-state index contributed by atoms with van der Waals surface area (Å²) in [6.45, 7) is 5.99. The Morgan fingerprint density at radius 1 is 1.16 bits per heavy atom.